The maximum absolute atomic E-state index is 13.2. The molecule has 6 unspecified atom stereocenters. The first-order valence-corrected chi connectivity index (χ1v) is 11.9. The summed E-state index contributed by atoms with van der Waals surface area (Å²) in [6.45, 7) is 2.37. The van der Waals surface area contributed by atoms with Gasteiger partial charge in [-0.1, -0.05) is 19.4 Å². The molecular weight excluding hydrogens is 376 g/mol. The summed E-state index contributed by atoms with van der Waals surface area (Å²) in [5.41, 5.74) is 0.385. The highest BCUT2D eigenvalue weighted by atomic mass is 32.2. The Morgan fingerprint density at radius 3 is 2.29 bits per heavy atom. The van der Waals surface area contributed by atoms with Crippen LogP contribution >= 0.6 is 0 Å². The van der Waals surface area contributed by atoms with Crippen molar-refractivity contribution in [2.24, 2.45) is 35.5 Å². The quantitative estimate of drug-likeness (QED) is 0.585. The third kappa shape index (κ3) is 2.59. The van der Waals surface area contributed by atoms with E-state index >= 15 is 0 Å². The number of unbranched alkanes of at least 4 members (excludes halogenated alkanes) is 1. The van der Waals surface area contributed by atoms with Crippen molar-refractivity contribution in [2.45, 2.75) is 43.9 Å². The molecule has 0 spiro atoms. The van der Waals surface area contributed by atoms with Crippen LogP contribution in [0.5, 0.6) is 0 Å². The van der Waals surface area contributed by atoms with Crippen molar-refractivity contribution < 1.29 is 18.0 Å². The average molecular weight is 403 g/mol. The number of carbonyl (C=O) groups is 2. The third-order valence-corrected chi connectivity index (χ3v) is 8.81. The molecule has 1 saturated heterocycles. The van der Waals surface area contributed by atoms with Gasteiger partial charge in [0, 0.05) is 6.54 Å². The van der Waals surface area contributed by atoms with E-state index in [-0.39, 0.29) is 28.5 Å². The third-order valence-electron chi connectivity index (χ3n) is 7.35. The summed E-state index contributed by atoms with van der Waals surface area (Å²) in [5, 5.41) is 0. The second-order valence-electron chi connectivity index (χ2n) is 8.78. The number of benzene rings is 1. The van der Waals surface area contributed by atoms with Crippen molar-refractivity contribution in [3.8, 4) is 0 Å². The van der Waals surface area contributed by atoms with Crippen LogP contribution in [0.15, 0.2) is 29.2 Å². The molecule has 2 bridgehead atoms. The van der Waals surface area contributed by atoms with Gasteiger partial charge in [0.15, 0.2) is 0 Å². The lowest BCUT2D eigenvalue weighted by molar-refractivity contribution is -0.129. The Morgan fingerprint density at radius 2 is 1.68 bits per heavy atom. The smallest absolute Gasteiger partial charge is 0.240 e. The maximum Gasteiger partial charge on any atom is 0.240 e. The minimum Gasteiger partial charge on any atom is -0.274 e. The lowest BCUT2D eigenvalue weighted by Gasteiger charge is -2.42. The van der Waals surface area contributed by atoms with Gasteiger partial charge in [-0.05, 0) is 67.6 Å². The molecule has 0 radical (unpaired) electrons. The Bertz CT molecular complexity index is 909. The summed E-state index contributed by atoms with van der Waals surface area (Å²) in [6.07, 6.45) is 4.94. The van der Waals surface area contributed by atoms with Gasteiger partial charge in [0.1, 0.15) is 0 Å². The van der Waals surface area contributed by atoms with E-state index in [2.05, 4.69) is 4.72 Å². The lowest BCUT2D eigenvalue weighted by atomic mass is 9.59. The number of sulfonamides is 1. The van der Waals surface area contributed by atoms with Crippen LogP contribution in [-0.4, -0.2) is 26.8 Å². The number of anilines is 1. The average Bonchev–Trinajstić information content (AvgIpc) is 3.46. The predicted molar refractivity (Wildman–Crippen MR) is 104 cm³/mol. The van der Waals surface area contributed by atoms with Gasteiger partial charge >= 0.3 is 0 Å². The summed E-state index contributed by atoms with van der Waals surface area (Å²) >= 11 is 0. The zero-order valence-corrected chi connectivity index (χ0v) is 16.8. The topological polar surface area (TPSA) is 83.6 Å². The molecule has 2 amide bonds. The van der Waals surface area contributed by atoms with E-state index < -0.39 is 10.0 Å². The molecule has 1 aromatic rings. The van der Waals surface area contributed by atoms with Crippen molar-refractivity contribution in [3.05, 3.63) is 24.3 Å². The molecule has 1 heterocycles. The predicted octanol–water partition coefficient (Wildman–Crippen LogP) is 2.55. The van der Waals surface area contributed by atoms with Crippen molar-refractivity contribution in [1.29, 1.82) is 0 Å². The lowest BCUT2D eigenvalue weighted by Crippen LogP contribution is -2.43. The molecule has 150 valence electrons. The van der Waals surface area contributed by atoms with Crippen LogP contribution in [0, 0.1) is 35.5 Å². The molecule has 4 aliphatic carbocycles. The summed E-state index contributed by atoms with van der Waals surface area (Å²) in [5.74, 6) is 1.30. The number of imide groups is 1. The molecule has 4 saturated carbocycles. The molecule has 7 heteroatoms. The van der Waals surface area contributed by atoms with E-state index in [0.717, 1.165) is 25.7 Å². The normalized spacial score (nSPS) is 35.8. The van der Waals surface area contributed by atoms with E-state index in [1.165, 1.54) is 23.5 Å². The molecule has 6 rings (SSSR count). The van der Waals surface area contributed by atoms with Gasteiger partial charge in [0.25, 0.3) is 0 Å². The number of rotatable bonds is 6. The standard InChI is InChI=1S/C21H26N2O4S/c1-2-3-9-22-28(26,27)13-6-4-5-12(10-13)23-20(24)18-14-7-8-15(17-11-16(14)17)19(18)21(23)25/h4-6,10,14-19,22H,2-3,7-9,11H2,1H3. The first kappa shape index (κ1) is 18.3. The van der Waals surface area contributed by atoms with Gasteiger partial charge in [0.05, 0.1) is 22.4 Å². The van der Waals surface area contributed by atoms with Crippen LogP contribution in [0.25, 0.3) is 0 Å². The highest BCUT2D eigenvalue weighted by Crippen LogP contribution is 2.68. The molecule has 6 atom stereocenters. The molecule has 28 heavy (non-hydrogen) atoms. The molecule has 1 N–H and O–H groups in total. The SMILES string of the molecule is CCCCNS(=O)(=O)c1cccc(N2C(=O)C3C4CCC(C5CC54)C3C2=O)c1. The Morgan fingerprint density at radius 1 is 1.04 bits per heavy atom. The summed E-state index contributed by atoms with van der Waals surface area (Å²) in [7, 11) is -3.66. The van der Waals surface area contributed by atoms with Gasteiger partial charge < -0.3 is 0 Å². The largest absolute Gasteiger partial charge is 0.274 e. The van der Waals surface area contributed by atoms with Crippen LogP contribution in [0.2, 0.25) is 0 Å². The number of amides is 2. The van der Waals surface area contributed by atoms with Crippen LogP contribution in [0.1, 0.15) is 39.0 Å². The van der Waals surface area contributed by atoms with Crippen LogP contribution in [0.4, 0.5) is 5.69 Å². The van der Waals surface area contributed by atoms with Gasteiger partial charge in [-0.3, -0.25) is 9.59 Å². The minimum absolute atomic E-state index is 0.0994. The minimum atomic E-state index is -3.66. The van der Waals surface area contributed by atoms with Gasteiger partial charge in [-0.25, -0.2) is 18.0 Å². The summed E-state index contributed by atoms with van der Waals surface area (Å²) in [6, 6.07) is 6.25. The number of carbonyl (C=O) groups excluding carboxylic acids is 2. The fourth-order valence-corrected chi connectivity index (χ4v) is 7.16. The molecule has 6 nitrogen and oxygen atoms in total. The van der Waals surface area contributed by atoms with Crippen molar-refractivity contribution in [2.75, 3.05) is 11.4 Å². The zero-order chi connectivity index (χ0) is 19.6. The number of hydrogen-bond acceptors (Lipinski definition) is 4. The van der Waals surface area contributed by atoms with Crippen molar-refractivity contribution in [3.63, 3.8) is 0 Å². The molecule has 1 aliphatic heterocycles. The molecule has 5 aliphatic rings. The highest BCUT2D eigenvalue weighted by Gasteiger charge is 2.68. The Balaban J connectivity index is 1.44. The highest BCUT2D eigenvalue weighted by molar-refractivity contribution is 7.89. The Kier molecular flexibility index (Phi) is 4.18. The number of nitrogens with one attached hydrogen (secondary N) is 1. The molecule has 0 aromatic heterocycles. The number of fused-ring (bicyclic) bond motifs is 1. The van der Waals surface area contributed by atoms with E-state index in [9.17, 15) is 18.0 Å². The van der Waals surface area contributed by atoms with Crippen LogP contribution in [-0.2, 0) is 19.6 Å². The number of nitrogens with zero attached hydrogens (tertiary/aromatic N) is 1. The second kappa shape index (κ2) is 6.39. The Hall–Kier alpha value is -1.73. The summed E-state index contributed by atoms with van der Waals surface area (Å²) in [4.78, 5) is 27.8. The first-order valence-electron chi connectivity index (χ1n) is 10.4. The van der Waals surface area contributed by atoms with Crippen LogP contribution < -0.4 is 9.62 Å². The Labute approximate surface area is 165 Å². The van der Waals surface area contributed by atoms with E-state index in [0.29, 0.717) is 35.9 Å². The molecule has 5 fully saturated rings. The van der Waals surface area contributed by atoms with E-state index in [4.69, 9.17) is 0 Å². The fourth-order valence-electron chi connectivity index (χ4n) is 6.05. The maximum atomic E-state index is 13.2. The molecule has 1 aromatic carbocycles. The fraction of sp³-hybridized carbons (Fsp3) is 0.619. The monoisotopic (exact) mass is 402 g/mol. The van der Waals surface area contributed by atoms with E-state index in [1.54, 1.807) is 12.1 Å². The molecular formula is C21H26N2O4S. The van der Waals surface area contributed by atoms with Crippen LogP contribution in [0.3, 0.4) is 0 Å². The van der Waals surface area contributed by atoms with Crippen molar-refractivity contribution >= 4 is 27.5 Å². The number of hydrogen-bond donors (Lipinski definition) is 1. The second-order valence-corrected chi connectivity index (χ2v) is 10.5. The zero-order valence-electron chi connectivity index (χ0n) is 16.0. The van der Waals surface area contributed by atoms with Gasteiger partial charge in [-0.15, -0.1) is 0 Å². The van der Waals surface area contributed by atoms with Gasteiger partial charge in [0.2, 0.25) is 21.8 Å². The van der Waals surface area contributed by atoms with Crippen molar-refractivity contribution in [1.82, 2.24) is 4.72 Å². The van der Waals surface area contributed by atoms with Gasteiger partial charge in [-0.2, -0.15) is 0 Å². The first-order chi connectivity index (χ1) is 13.4. The summed E-state index contributed by atoms with van der Waals surface area (Å²) < 4.78 is 27.7. The van der Waals surface area contributed by atoms with E-state index in [1.807, 2.05) is 6.92 Å².